The van der Waals surface area contributed by atoms with Crippen LogP contribution in [-0.2, 0) is 0 Å². The first kappa shape index (κ1) is 17.0. The molecule has 2 rings (SSSR count). The van der Waals surface area contributed by atoms with Crippen molar-refractivity contribution in [3.05, 3.63) is 52.5 Å². The second kappa shape index (κ2) is 7.74. The fraction of sp³-hybridized carbons (Fsp3) is 0.235. The van der Waals surface area contributed by atoms with Crippen LogP contribution in [0.2, 0.25) is 5.02 Å². The van der Waals surface area contributed by atoms with Crippen molar-refractivity contribution in [2.75, 3.05) is 19.2 Å². The van der Waals surface area contributed by atoms with Gasteiger partial charge in [-0.25, -0.2) is 4.79 Å². The molecule has 0 radical (unpaired) electrons. The predicted molar refractivity (Wildman–Crippen MR) is 91.6 cm³/mol. The molecule has 0 bridgehead atoms. The maximum absolute atomic E-state index is 11.8. The van der Waals surface area contributed by atoms with Crippen molar-refractivity contribution < 1.29 is 14.3 Å². The minimum atomic E-state index is -0.360. The van der Waals surface area contributed by atoms with Crippen LogP contribution in [0.4, 0.5) is 10.5 Å². The van der Waals surface area contributed by atoms with Gasteiger partial charge in [0.05, 0.1) is 7.11 Å². The molecule has 5 nitrogen and oxygen atoms in total. The highest BCUT2D eigenvalue weighted by atomic mass is 35.5. The molecule has 0 aliphatic rings. The highest BCUT2D eigenvalue weighted by Gasteiger charge is 2.05. The number of urea groups is 1. The largest absolute Gasteiger partial charge is 0.497 e. The van der Waals surface area contributed by atoms with E-state index in [1.165, 1.54) is 0 Å². The van der Waals surface area contributed by atoms with Crippen LogP contribution in [0.15, 0.2) is 36.4 Å². The molecule has 0 saturated heterocycles. The van der Waals surface area contributed by atoms with E-state index in [-0.39, 0.29) is 12.8 Å². The fourth-order valence-corrected chi connectivity index (χ4v) is 2.16. The van der Waals surface area contributed by atoms with Gasteiger partial charge >= 0.3 is 6.03 Å². The Kier molecular flexibility index (Phi) is 5.71. The number of carbonyl (C=O) groups is 1. The summed E-state index contributed by atoms with van der Waals surface area (Å²) in [5, 5.41) is 6.05. The van der Waals surface area contributed by atoms with Crippen molar-refractivity contribution in [2.45, 2.75) is 13.8 Å². The number of rotatable bonds is 5. The molecule has 2 aromatic carbocycles. The Morgan fingerprint density at radius 3 is 2.48 bits per heavy atom. The van der Waals surface area contributed by atoms with Crippen molar-refractivity contribution in [3.63, 3.8) is 0 Å². The second-order valence-electron chi connectivity index (χ2n) is 5.02. The Hall–Kier alpha value is -2.40. The molecule has 23 heavy (non-hydrogen) atoms. The number of methoxy groups -OCH3 is 1. The number of halogens is 1. The number of benzene rings is 2. The van der Waals surface area contributed by atoms with Gasteiger partial charge < -0.3 is 20.1 Å². The second-order valence-corrected chi connectivity index (χ2v) is 5.40. The third kappa shape index (κ3) is 4.79. The van der Waals surface area contributed by atoms with E-state index in [4.69, 9.17) is 21.1 Å². The van der Waals surface area contributed by atoms with Gasteiger partial charge in [0.2, 0.25) is 0 Å². The van der Waals surface area contributed by atoms with Crippen LogP contribution in [0.25, 0.3) is 0 Å². The third-order valence-electron chi connectivity index (χ3n) is 3.21. The van der Waals surface area contributed by atoms with E-state index < -0.39 is 0 Å². The van der Waals surface area contributed by atoms with Crippen molar-refractivity contribution in [2.24, 2.45) is 0 Å². The Labute approximate surface area is 140 Å². The zero-order valence-corrected chi connectivity index (χ0v) is 14.0. The minimum absolute atomic E-state index is 0.0519. The van der Waals surface area contributed by atoms with Crippen LogP contribution in [-0.4, -0.2) is 19.9 Å². The number of anilines is 1. The summed E-state index contributed by atoms with van der Waals surface area (Å²) in [4.78, 5) is 11.8. The number of hydrogen-bond acceptors (Lipinski definition) is 3. The molecule has 2 aromatic rings. The molecule has 0 aliphatic carbocycles. The SMILES string of the molecule is COc1cccc(NC(=O)NCOc2cc(C)c(Cl)c(C)c2)c1. The summed E-state index contributed by atoms with van der Waals surface area (Å²) in [7, 11) is 1.57. The minimum Gasteiger partial charge on any atom is -0.497 e. The first-order valence-corrected chi connectivity index (χ1v) is 7.46. The van der Waals surface area contributed by atoms with Crippen LogP contribution < -0.4 is 20.1 Å². The van der Waals surface area contributed by atoms with Gasteiger partial charge in [-0.2, -0.15) is 0 Å². The fourth-order valence-electron chi connectivity index (χ4n) is 2.05. The summed E-state index contributed by atoms with van der Waals surface area (Å²) >= 11 is 6.10. The molecule has 0 aromatic heterocycles. The van der Waals surface area contributed by atoms with E-state index in [0.717, 1.165) is 16.1 Å². The zero-order chi connectivity index (χ0) is 16.8. The molecule has 0 atom stereocenters. The van der Waals surface area contributed by atoms with Gasteiger partial charge in [-0.15, -0.1) is 0 Å². The lowest BCUT2D eigenvalue weighted by molar-refractivity contribution is 0.234. The van der Waals surface area contributed by atoms with Crippen LogP contribution in [0.5, 0.6) is 11.5 Å². The van der Waals surface area contributed by atoms with Gasteiger partial charge in [0.1, 0.15) is 11.5 Å². The number of aryl methyl sites for hydroxylation is 2. The normalized spacial score (nSPS) is 10.1. The molecule has 0 aliphatic heterocycles. The van der Waals surface area contributed by atoms with Gasteiger partial charge in [0.25, 0.3) is 0 Å². The Balaban J connectivity index is 1.85. The number of ether oxygens (including phenoxy) is 2. The Morgan fingerprint density at radius 2 is 1.83 bits per heavy atom. The summed E-state index contributed by atoms with van der Waals surface area (Å²) < 4.78 is 10.6. The van der Waals surface area contributed by atoms with E-state index in [1.807, 2.05) is 26.0 Å². The molecule has 2 amide bonds. The van der Waals surface area contributed by atoms with E-state index >= 15 is 0 Å². The van der Waals surface area contributed by atoms with Crippen molar-refractivity contribution in [3.8, 4) is 11.5 Å². The lowest BCUT2D eigenvalue weighted by atomic mass is 10.1. The van der Waals surface area contributed by atoms with Gasteiger partial charge in [0, 0.05) is 16.8 Å². The highest BCUT2D eigenvalue weighted by Crippen LogP contribution is 2.25. The number of nitrogens with one attached hydrogen (secondary N) is 2. The summed E-state index contributed by atoms with van der Waals surface area (Å²) in [5.41, 5.74) is 2.50. The molecule has 6 heteroatoms. The van der Waals surface area contributed by atoms with E-state index in [9.17, 15) is 4.79 Å². The number of amides is 2. The predicted octanol–water partition coefficient (Wildman–Crippen LogP) is 4.12. The summed E-state index contributed by atoms with van der Waals surface area (Å²) in [6.45, 7) is 3.87. The molecule has 2 N–H and O–H groups in total. The average molecular weight is 335 g/mol. The van der Waals surface area contributed by atoms with E-state index in [0.29, 0.717) is 17.2 Å². The lowest BCUT2D eigenvalue weighted by Gasteiger charge is -2.12. The lowest BCUT2D eigenvalue weighted by Crippen LogP contribution is -2.32. The van der Waals surface area contributed by atoms with Crippen LogP contribution in [0.1, 0.15) is 11.1 Å². The van der Waals surface area contributed by atoms with E-state index in [1.54, 1.807) is 31.4 Å². The first-order valence-electron chi connectivity index (χ1n) is 7.08. The molecule has 122 valence electrons. The Bertz CT molecular complexity index is 681. The highest BCUT2D eigenvalue weighted by molar-refractivity contribution is 6.32. The first-order chi connectivity index (χ1) is 11.0. The van der Waals surface area contributed by atoms with Crippen LogP contribution >= 0.6 is 11.6 Å². The van der Waals surface area contributed by atoms with Crippen molar-refractivity contribution >= 4 is 23.3 Å². The maximum Gasteiger partial charge on any atom is 0.321 e. The molecule has 0 saturated carbocycles. The average Bonchev–Trinajstić information content (AvgIpc) is 2.52. The van der Waals surface area contributed by atoms with Crippen molar-refractivity contribution in [1.82, 2.24) is 5.32 Å². The van der Waals surface area contributed by atoms with Crippen LogP contribution in [0, 0.1) is 13.8 Å². The maximum atomic E-state index is 11.8. The summed E-state index contributed by atoms with van der Waals surface area (Å²) in [5.74, 6) is 1.33. The molecule has 0 fully saturated rings. The standard InChI is InChI=1S/C17H19ClN2O3/c1-11-7-15(8-12(2)16(11)18)23-10-19-17(21)20-13-5-4-6-14(9-13)22-3/h4-9H,10H2,1-3H3,(H2,19,20,21). The number of carbonyl (C=O) groups excluding carboxylic acids is 1. The molecular weight excluding hydrogens is 316 g/mol. The van der Waals surface area contributed by atoms with Gasteiger partial charge in [-0.05, 0) is 49.2 Å². The molecule has 0 spiro atoms. The summed E-state index contributed by atoms with van der Waals surface area (Å²) in [6.07, 6.45) is 0. The van der Waals surface area contributed by atoms with E-state index in [2.05, 4.69) is 10.6 Å². The summed E-state index contributed by atoms with van der Waals surface area (Å²) in [6, 6.07) is 10.4. The third-order valence-corrected chi connectivity index (χ3v) is 3.81. The molecular formula is C17H19ClN2O3. The topological polar surface area (TPSA) is 59.6 Å². The zero-order valence-electron chi connectivity index (χ0n) is 13.3. The molecule has 0 unspecified atom stereocenters. The monoisotopic (exact) mass is 334 g/mol. The molecule has 0 heterocycles. The Morgan fingerprint density at radius 1 is 1.13 bits per heavy atom. The van der Waals surface area contributed by atoms with Gasteiger partial charge in [0.15, 0.2) is 6.73 Å². The smallest absolute Gasteiger partial charge is 0.321 e. The quantitative estimate of drug-likeness (QED) is 0.808. The van der Waals surface area contributed by atoms with Crippen molar-refractivity contribution in [1.29, 1.82) is 0 Å². The van der Waals surface area contributed by atoms with Crippen LogP contribution in [0.3, 0.4) is 0 Å². The van der Waals surface area contributed by atoms with Gasteiger partial charge in [-0.3, -0.25) is 0 Å². The van der Waals surface area contributed by atoms with Gasteiger partial charge in [-0.1, -0.05) is 17.7 Å². The number of hydrogen-bond donors (Lipinski definition) is 2.